The van der Waals surface area contributed by atoms with Crippen LogP contribution < -0.4 is 5.32 Å². The monoisotopic (exact) mass is 302 g/mol. The Hall–Kier alpha value is -2.07. The van der Waals surface area contributed by atoms with Gasteiger partial charge < -0.3 is 10.2 Å². The summed E-state index contributed by atoms with van der Waals surface area (Å²) in [6, 6.07) is 9.64. The predicted octanol–water partition coefficient (Wildman–Crippen LogP) is 4.40. The Balaban J connectivity index is 2.30. The van der Waals surface area contributed by atoms with Gasteiger partial charge in [0.2, 0.25) is 0 Å². The molecule has 0 unspecified atom stereocenters. The summed E-state index contributed by atoms with van der Waals surface area (Å²) in [5.74, 6) is 0.755. The fourth-order valence-corrected chi connectivity index (χ4v) is 1.96. The minimum Gasteiger partial charge on any atom is -0.366 e. The molecule has 0 saturated carbocycles. The van der Waals surface area contributed by atoms with Gasteiger partial charge in [0, 0.05) is 19.8 Å². The molecule has 1 aromatic carbocycles. The summed E-state index contributed by atoms with van der Waals surface area (Å²) in [5.41, 5.74) is 2.64. The molecular formula is C16H19ClN4. The number of aromatic nitrogens is 1. The number of rotatable bonds is 5. The van der Waals surface area contributed by atoms with E-state index in [9.17, 15) is 0 Å². The van der Waals surface area contributed by atoms with Gasteiger partial charge in [0.05, 0.1) is 22.7 Å². The first-order chi connectivity index (χ1) is 10.1. The number of nitrogens with one attached hydrogen (secondary N) is 1. The van der Waals surface area contributed by atoms with Crippen molar-refractivity contribution in [3.8, 4) is 0 Å². The van der Waals surface area contributed by atoms with Crippen molar-refractivity contribution in [2.75, 3.05) is 18.9 Å². The van der Waals surface area contributed by atoms with Gasteiger partial charge in [-0.2, -0.15) is 0 Å². The van der Waals surface area contributed by atoms with Crippen LogP contribution in [0.25, 0.3) is 0 Å². The standard InChI is InChI=1S/C16H19ClN4/c1-4-21(3)11-19-13-9-12(2)10-14(16(13)17)20-15-7-5-6-8-18-15/h5-11H,4H2,1-3H3,(H,18,20)/b19-11-. The maximum atomic E-state index is 6.43. The number of hydrogen-bond donors (Lipinski definition) is 1. The molecular weight excluding hydrogens is 284 g/mol. The first-order valence-corrected chi connectivity index (χ1v) is 7.20. The molecule has 4 nitrogen and oxygen atoms in total. The fourth-order valence-electron chi connectivity index (χ4n) is 1.75. The Bertz CT molecular complexity index is 626. The lowest BCUT2D eigenvalue weighted by molar-refractivity contribution is 0.552. The summed E-state index contributed by atoms with van der Waals surface area (Å²) in [4.78, 5) is 10.7. The van der Waals surface area contributed by atoms with Gasteiger partial charge in [-0.05, 0) is 43.7 Å². The molecule has 0 atom stereocenters. The van der Waals surface area contributed by atoms with Crippen LogP contribution in [0, 0.1) is 6.92 Å². The Morgan fingerprint density at radius 2 is 2.19 bits per heavy atom. The van der Waals surface area contributed by atoms with Gasteiger partial charge in [0.15, 0.2) is 0 Å². The SMILES string of the molecule is CCN(C)/C=N\c1cc(C)cc(Nc2ccccn2)c1Cl. The summed E-state index contributed by atoms with van der Waals surface area (Å²) in [5, 5.41) is 3.81. The molecule has 0 amide bonds. The maximum Gasteiger partial charge on any atom is 0.130 e. The van der Waals surface area contributed by atoms with Crippen molar-refractivity contribution >= 4 is 35.1 Å². The number of benzene rings is 1. The van der Waals surface area contributed by atoms with Crippen molar-refractivity contribution in [2.24, 2.45) is 4.99 Å². The van der Waals surface area contributed by atoms with Crippen LogP contribution in [-0.4, -0.2) is 29.8 Å². The summed E-state index contributed by atoms with van der Waals surface area (Å²) >= 11 is 6.43. The van der Waals surface area contributed by atoms with Crippen molar-refractivity contribution in [3.63, 3.8) is 0 Å². The Morgan fingerprint density at radius 1 is 1.38 bits per heavy atom. The van der Waals surface area contributed by atoms with E-state index in [2.05, 4.69) is 22.2 Å². The lowest BCUT2D eigenvalue weighted by Gasteiger charge is -2.12. The minimum atomic E-state index is 0.590. The largest absolute Gasteiger partial charge is 0.366 e. The van der Waals surface area contributed by atoms with Gasteiger partial charge >= 0.3 is 0 Å². The number of pyridine rings is 1. The zero-order valence-corrected chi connectivity index (χ0v) is 13.2. The van der Waals surface area contributed by atoms with E-state index in [4.69, 9.17) is 11.6 Å². The molecule has 21 heavy (non-hydrogen) atoms. The van der Waals surface area contributed by atoms with Crippen LogP contribution in [0.2, 0.25) is 5.02 Å². The molecule has 0 bridgehead atoms. The molecule has 0 radical (unpaired) electrons. The number of aliphatic imine (C=N–C) groups is 1. The van der Waals surface area contributed by atoms with Gasteiger partial charge in [-0.1, -0.05) is 17.7 Å². The number of hydrogen-bond acceptors (Lipinski definition) is 3. The number of nitrogens with zero attached hydrogens (tertiary/aromatic N) is 3. The van der Waals surface area contributed by atoms with E-state index >= 15 is 0 Å². The molecule has 0 saturated heterocycles. The Kier molecular flexibility index (Phi) is 5.17. The Labute approximate surface area is 130 Å². The third-order valence-corrected chi connectivity index (χ3v) is 3.42. The van der Waals surface area contributed by atoms with Crippen LogP contribution in [0.3, 0.4) is 0 Å². The number of aryl methyl sites for hydroxylation is 1. The number of halogens is 1. The third kappa shape index (κ3) is 4.20. The van der Waals surface area contributed by atoms with E-state index in [0.29, 0.717) is 5.02 Å². The molecule has 5 heteroatoms. The molecule has 0 spiro atoms. The van der Waals surface area contributed by atoms with E-state index in [-0.39, 0.29) is 0 Å². The maximum absolute atomic E-state index is 6.43. The van der Waals surface area contributed by atoms with Gasteiger partial charge in [-0.25, -0.2) is 9.98 Å². The highest BCUT2D eigenvalue weighted by Crippen LogP contribution is 2.35. The molecule has 1 heterocycles. The second-order valence-corrected chi connectivity index (χ2v) is 5.18. The highest BCUT2D eigenvalue weighted by Gasteiger charge is 2.08. The topological polar surface area (TPSA) is 40.5 Å². The summed E-state index contributed by atoms with van der Waals surface area (Å²) in [7, 11) is 1.97. The zero-order valence-electron chi connectivity index (χ0n) is 12.5. The molecule has 0 aliphatic rings. The van der Waals surface area contributed by atoms with Crippen molar-refractivity contribution in [1.82, 2.24) is 9.88 Å². The van der Waals surface area contributed by atoms with Crippen LogP contribution >= 0.6 is 11.6 Å². The van der Waals surface area contributed by atoms with Crippen LogP contribution in [0.1, 0.15) is 12.5 Å². The van der Waals surface area contributed by atoms with Gasteiger partial charge in [-0.3, -0.25) is 0 Å². The van der Waals surface area contributed by atoms with Crippen molar-refractivity contribution in [3.05, 3.63) is 47.1 Å². The fraction of sp³-hybridized carbons (Fsp3) is 0.250. The van der Waals surface area contributed by atoms with Gasteiger partial charge in [0.1, 0.15) is 5.82 Å². The van der Waals surface area contributed by atoms with E-state index in [0.717, 1.165) is 29.3 Å². The average molecular weight is 303 g/mol. The molecule has 0 fully saturated rings. The highest BCUT2D eigenvalue weighted by molar-refractivity contribution is 6.35. The second-order valence-electron chi connectivity index (χ2n) is 4.80. The second kappa shape index (κ2) is 7.09. The lowest BCUT2D eigenvalue weighted by Crippen LogP contribution is -2.14. The van der Waals surface area contributed by atoms with Crippen molar-refractivity contribution in [1.29, 1.82) is 0 Å². The summed E-state index contributed by atoms with van der Waals surface area (Å²) in [6.07, 6.45) is 3.52. The first-order valence-electron chi connectivity index (χ1n) is 6.82. The molecule has 2 aromatic rings. The highest BCUT2D eigenvalue weighted by atomic mass is 35.5. The normalized spacial score (nSPS) is 10.9. The van der Waals surface area contributed by atoms with Gasteiger partial charge in [0.25, 0.3) is 0 Å². The molecule has 0 aliphatic heterocycles. The van der Waals surface area contributed by atoms with E-state index in [1.165, 1.54) is 0 Å². The smallest absolute Gasteiger partial charge is 0.130 e. The Morgan fingerprint density at radius 3 is 2.86 bits per heavy atom. The van der Waals surface area contributed by atoms with E-state index in [1.54, 1.807) is 12.5 Å². The van der Waals surface area contributed by atoms with Crippen molar-refractivity contribution in [2.45, 2.75) is 13.8 Å². The van der Waals surface area contributed by atoms with Crippen LogP contribution in [0.15, 0.2) is 41.5 Å². The molecule has 110 valence electrons. The quantitative estimate of drug-likeness (QED) is 0.657. The lowest BCUT2D eigenvalue weighted by atomic mass is 10.2. The summed E-state index contributed by atoms with van der Waals surface area (Å²) < 4.78 is 0. The molecule has 0 aliphatic carbocycles. The third-order valence-electron chi connectivity index (χ3n) is 3.02. The average Bonchev–Trinajstić information content (AvgIpc) is 2.49. The van der Waals surface area contributed by atoms with E-state index in [1.807, 2.05) is 49.2 Å². The first kappa shape index (κ1) is 15.3. The molecule has 2 rings (SSSR count). The van der Waals surface area contributed by atoms with Crippen LogP contribution in [-0.2, 0) is 0 Å². The molecule has 1 N–H and O–H groups in total. The molecule has 1 aromatic heterocycles. The summed E-state index contributed by atoms with van der Waals surface area (Å²) in [6.45, 7) is 4.98. The van der Waals surface area contributed by atoms with Crippen LogP contribution in [0.5, 0.6) is 0 Å². The van der Waals surface area contributed by atoms with Crippen molar-refractivity contribution < 1.29 is 0 Å². The van der Waals surface area contributed by atoms with Gasteiger partial charge in [-0.15, -0.1) is 0 Å². The minimum absolute atomic E-state index is 0.590. The zero-order chi connectivity index (χ0) is 15.2. The van der Waals surface area contributed by atoms with Crippen LogP contribution in [0.4, 0.5) is 17.2 Å². The predicted molar refractivity (Wildman–Crippen MR) is 90.2 cm³/mol. The number of anilines is 2. The van der Waals surface area contributed by atoms with E-state index < -0.39 is 0 Å².